The summed E-state index contributed by atoms with van der Waals surface area (Å²) in [6.07, 6.45) is 6.96. The minimum atomic E-state index is -0.313. The van der Waals surface area contributed by atoms with Gasteiger partial charge in [0.15, 0.2) is 0 Å². The van der Waals surface area contributed by atoms with E-state index in [4.69, 9.17) is 0 Å². The van der Waals surface area contributed by atoms with Crippen molar-refractivity contribution >= 4 is 30.5 Å². The minimum absolute atomic E-state index is 0. The number of benzene rings is 2. The van der Waals surface area contributed by atoms with E-state index < -0.39 is 0 Å². The van der Waals surface area contributed by atoms with Crippen molar-refractivity contribution in [3.8, 4) is 0 Å². The van der Waals surface area contributed by atoms with E-state index in [1.54, 1.807) is 0 Å². The van der Waals surface area contributed by atoms with Crippen LogP contribution in [0.25, 0.3) is 10.8 Å². The van der Waals surface area contributed by atoms with Gasteiger partial charge in [-0.15, -0.1) is 29.7 Å². The van der Waals surface area contributed by atoms with Crippen LogP contribution in [0, 0.1) is 0 Å². The molecule has 0 N–H and O–H groups in total. The Morgan fingerprint density at radius 3 is 2.30 bits per heavy atom. The van der Waals surface area contributed by atoms with Gasteiger partial charge >= 0.3 is 26.2 Å². The maximum absolute atomic E-state index is 2.42. The van der Waals surface area contributed by atoms with Crippen molar-refractivity contribution in [1.29, 1.82) is 0 Å². The number of nitrogens with zero attached hydrogens (tertiary/aromatic N) is 1. The fourth-order valence-electron chi connectivity index (χ4n) is 3.56. The number of rotatable bonds is 2. The van der Waals surface area contributed by atoms with Crippen molar-refractivity contribution in [1.82, 2.24) is 0 Å². The third-order valence-electron chi connectivity index (χ3n) is 4.78. The summed E-state index contributed by atoms with van der Waals surface area (Å²) in [5.41, 5.74) is 7.82. The Morgan fingerprint density at radius 2 is 1.60 bits per heavy atom. The normalized spacial score (nSPS) is 13.3. The molecule has 151 valence electrons. The largest absolute Gasteiger partial charge is 3.00 e. The first-order chi connectivity index (χ1) is 13.2. The molecular formula is C25H24Cl2NSiZr. The monoisotopic (exact) mass is 526 g/mol. The van der Waals surface area contributed by atoms with Crippen LogP contribution in [0.1, 0.15) is 0 Å². The summed E-state index contributed by atoms with van der Waals surface area (Å²) in [4.78, 5) is 2.38. The number of anilines is 1. The zero-order chi connectivity index (χ0) is 18.6. The second-order valence-electron chi connectivity index (χ2n) is 7.16. The molecule has 5 rings (SSSR count). The van der Waals surface area contributed by atoms with Gasteiger partial charge in [-0.1, -0.05) is 49.1 Å². The summed E-state index contributed by atoms with van der Waals surface area (Å²) in [5, 5.41) is 2.66. The van der Waals surface area contributed by atoms with Crippen LogP contribution in [0.4, 0.5) is 5.69 Å². The molecular weight excluding hydrogens is 504 g/mol. The first kappa shape index (κ1) is 26.7. The molecule has 3 aromatic rings. The number of hydrogen-bond acceptors (Lipinski definition) is 1. The average Bonchev–Trinajstić information content (AvgIpc) is 3.37. The number of fused-ring (bicyclic) bond motifs is 2. The van der Waals surface area contributed by atoms with Crippen LogP contribution in [0.15, 0.2) is 108 Å². The summed E-state index contributed by atoms with van der Waals surface area (Å²) in [7, 11) is -0.313. The zero-order valence-corrected chi connectivity index (χ0v) is 22.1. The zero-order valence-electron chi connectivity index (χ0n) is 17.1. The first-order valence-electron chi connectivity index (χ1n) is 9.42. The van der Waals surface area contributed by atoms with Gasteiger partial charge in [0.25, 0.3) is 0 Å². The molecule has 0 saturated heterocycles. The van der Waals surface area contributed by atoms with Gasteiger partial charge in [-0.3, -0.25) is 0 Å². The van der Waals surface area contributed by atoms with Crippen LogP contribution < -0.4 is 29.7 Å². The third kappa shape index (κ3) is 6.31. The van der Waals surface area contributed by atoms with Gasteiger partial charge in [0.2, 0.25) is 0 Å². The molecule has 0 bridgehead atoms. The van der Waals surface area contributed by atoms with Crippen LogP contribution in [-0.4, -0.2) is 20.6 Å². The van der Waals surface area contributed by atoms with E-state index in [0.29, 0.717) is 0 Å². The Hall–Kier alpha value is -1.38. The van der Waals surface area contributed by atoms with E-state index in [1.807, 2.05) is 0 Å². The van der Waals surface area contributed by atoms with Gasteiger partial charge in [-0.25, -0.2) is 0 Å². The van der Waals surface area contributed by atoms with Gasteiger partial charge < -0.3 is 29.7 Å². The molecule has 0 atom stereocenters. The van der Waals surface area contributed by atoms with Gasteiger partial charge in [0.05, 0.1) is 0 Å². The summed E-state index contributed by atoms with van der Waals surface area (Å²) in [6, 6.07) is 25.3. The molecule has 0 saturated carbocycles. The maximum atomic E-state index is 2.42. The molecule has 30 heavy (non-hydrogen) atoms. The van der Waals surface area contributed by atoms with Crippen molar-refractivity contribution in [2.24, 2.45) is 0 Å². The number of allylic oxidation sites excluding steroid dienone is 3. The molecule has 3 aromatic carbocycles. The quantitative estimate of drug-likeness (QED) is 0.334. The number of para-hydroxylation sites is 1. The molecule has 2 aliphatic rings. The van der Waals surface area contributed by atoms with E-state index in [-0.39, 0.29) is 59.4 Å². The van der Waals surface area contributed by atoms with Crippen LogP contribution >= 0.6 is 0 Å². The fourth-order valence-corrected chi connectivity index (χ4v) is 4.39. The topological polar surface area (TPSA) is 3.24 Å². The van der Waals surface area contributed by atoms with E-state index in [1.165, 1.54) is 33.3 Å². The molecule has 5 heteroatoms. The Bertz CT molecular complexity index is 1050. The summed E-state index contributed by atoms with van der Waals surface area (Å²) < 4.78 is 0. The van der Waals surface area contributed by atoms with Crippen LogP contribution in [0.5, 0.6) is 0 Å². The Labute approximate surface area is 212 Å². The van der Waals surface area contributed by atoms with Gasteiger partial charge in [-0.2, -0.15) is 17.5 Å². The molecule has 0 spiro atoms. The first-order valence-corrected chi connectivity index (χ1v) is 12.0. The SMILES string of the molecule is C[Si](C)=CC1=CC2=CCN(c3ccccc3)C2=C1.[Cl-].[Cl-].[Zr+3].c1ccc2[cH-]ccc2c1. The number of hydrogen-bond donors (Lipinski definition) is 0. The molecule has 1 heterocycles. The fraction of sp³-hybridized carbons (Fsp3) is 0.120. The molecule has 1 aliphatic carbocycles. The summed E-state index contributed by atoms with van der Waals surface area (Å²) in [5.74, 6) is 0. The maximum Gasteiger partial charge on any atom is 3.00 e. The van der Waals surface area contributed by atoms with E-state index in [9.17, 15) is 0 Å². The molecule has 0 unspecified atom stereocenters. The molecule has 1 nitrogen and oxygen atoms in total. The summed E-state index contributed by atoms with van der Waals surface area (Å²) in [6.45, 7) is 5.63. The van der Waals surface area contributed by atoms with Crippen molar-refractivity contribution in [3.05, 3.63) is 108 Å². The molecule has 0 fully saturated rings. The van der Waals surface area contributed by atoms with Crippen molar-refractivity contribution in [2.75, 3.05) is 11.4 Å². The molecule has 1 aliphatic heterocycles. The van der Waals surface area contributed by atoms with Crippen molar-refractivity contribution < 1.29 is 51.0 Å². The minimum Gasteiger partial charge on any atom is -1.00 e. The van der Waals surface area contributed by atoms with E-state index in [0.717, 1.165) is 6.54 Å². The average molecular weight is 529 g/mol. The van der Waals surface area contributed by atoms with E-state index in [2.05, 4.69) is 115 Å². The Kier molecular flexibility index (Phi) is 11.1. The third-order valence-corrected chi connectivity index (χ3v) is 5.69. The van der Waals surface area contributed by atoms with Crippen molar-refractivity contribution in [3.63, 3.8) is 0 Å². The van der Waals surface area contributed by atoms with Gasteiger partial charge in [-0.05, 0) is 35.4 Å². The molecule has 0 aromatic heterocycles. The van der Waals surface area contributed by atoms with Crippen LogP contribution in [0.2, 0.25) is 13.1 Å². The predicted molar refractivity (Wildman–Crippen MR) is 121 cm³/mol. The number of halogens is 2. The van der Waals surface area contributed by atoms with Gasteiger partial charge in [0, 0.05) is 26.3 Å². The van der Waals surface area contributed by atoms with Crippen LogP contribution in [0.3, 0.4) is 0 Å². The molecule has 1 radical (unpaired) electrons. The predicted octanol–water partition coefficient (Wildman–Crippen LogP) is -0.0406. The Balaban J connectivity index is 0.000000321. The smallest absolute Gasteiger partial charge is 1.00 e. The standard InChI is InChI=1S/C16H17NSi.C9H7.2ClH.Zr/c1-18(2)12-13-10-14-8-9-17(16(14)11-13)15-6-4-3-5-7-15;1-2-5-9-7-3-6-8(9)4-1;;;/h3-8,10-12H,9H2,1-2H3;1-7H;2*1H;/q;-1;;;+3/p-2. The van der Waals surface area contributed by atoms with Crippen LogP contribution in [-0.2, 0) is 26.2 Å². The van der Waals surface area contributed by atoms with E-state index >= 15 is 0 Å². The molecule has 0 amide bonds. The Morgan fingerprint density at radius 1 is 0.900 bits per heavy atom. The second kappa shape index (κ2) is 12.5. The van der Waals surface area contributed by atoms with Gasteiger partial charge in [0.1, 0.15) is 0 Å². The van der Waals surface area contributed by atoms with Crippen molar-refractivity contribution in [2.45, 2.75) is 13.1 Å². The second-order valence-corrected chi connectivity index (χ2v) is 9.60. The summed E-state index contributed by atoms with van der Waals surface area (Å²) >= 11 is 0.